The molecule has 1 aromatic rings. The lowest BCUT2D eigenvalue weighted by molar-refractivity contribution is -0.117. The van der Waals surface area contributed by atoms with Crippen LogP contribution in [0, 0.1) is 11.3 Å². The van der Waals surface area contributed by atoms with Gasteiger partial charge < -0.3 is 10.6 Å². The van der Waals surface area contributed by atoms with Crippen molar-refractivity contribution in [1.29, 1.82) is 5.26 Å². The number of anilines is 1. The predicted molar refractivity (Wildman–Crippen MR) is 65.3 cm³/mol. The first-order valence-electron chi connectivity index (χ1n) is 5.65. The highest BCUT2D eigenvalue weighted by atomic mass is 16.2. The predicted octanol–water partition coefficient (Wildman–Crippen LogP) is 1.51. The zero-order valence-corrected chi connectivity index (χ0v) is 9.81. The van der Waals surface area contributed by atoms with Gasteiger partial charge in [0.15, 0.2) is 0 Å². The summed E-state index contributed by atoms with van der Waals surface area (Å²) in [5.74, 6) is 0.114. The van der Waals surface area contributed by atoms with E-state index in [0.29, 0.717) is 19.3 Å². The van der Waals surface area contributed by atoms with Gasteiger partial charge in [-0.25, -0.2) is 0 Å². The summed E-state index contributed by atoms with van der Waals surface area (Å²) in [4.78, 5) is 13.2. The standard InChI is InChI=1S/C13H15N3O/c1-16-12-5-4-9(11(15)3-2-6-14)7-10(12)8-13(16)17/h4-5,7,11H,2-3,8,15H2,1H3. The maximum atomic E-state index is 11.5. The summed E-state index contributed by atoms with van der Waals surface area (Å²) in [6.07, 6.45) is 1.56. The third kappa shape index (κ3) is 2.15. The molecule has 0 radical (unpaired) electrons. The summed E-state index contributed by atoms with van der Waals surface area (Å²) in [6, 6.07) is 7.83. The first kappa shape index (κ1) is 11.6. The highest BCUT2D eigenvalue weighted by Crippen LogP contribution is 2.30. The first-order valence-corrected chi connectivity index (χ1v) is 5.65. The molecule has 0 aliphatic carbocycles. The van der Waals surface area contributed by atoms with Gasteiger partial charge in [-0.1, -0.05) is 12.1 Å². The van der Waals surface area contributed by atoms with Crippen molar-refractivity contribution in [2.45, 2.75) is 25.3 Å². The topological polar surface area (TPSA) is 70.1 Å². The van der Waals surface area contributed by atoms with Crippen molar-refractivity contribution < 1.29 is 4.79 Å². The summed E-state index contributed by atoms with van der Waals surface area (Å²) in [5.41, 5.74) is 8.99. The van der Waals surface area contributed by atoms with Crippen molar-refractivity contribution in [3.8, 4) is 6.07 Å². The Bertz CT molecular complexity index is 490. The smallest absolute Gasteiger partial charge is 0.231 e. The molecule has 1 aromatic carbocycles. The maximum absolute atomic E-state index is 11.5. The molecule has 1 aliphatic rings. The lowest BCUT2D eigenvalue weighted by Crippen LogP contribution is -2.20. The van der Waals surface area contributed by atoms with Crippen molar-refractivity contribution in [2.24, 2.45) is 5.73 Å². The third-order valence-electron chi connectivity index (χ3n) is 3.18. The van der Waals surface area contributed by atoms with E-state index >= 15 is 0 Å². The van der Waals surface area contributed by atoms with Crippen molar-refractivity contribution in [2.75, 3.05) is 11.9 Å². The zero-order valence-electron chi connectivity index (χ0n) is 9.81. The van der Waals surface area contributed by atoms with Crippen molar-refractivity contribution in [1.82, 2.24) is 0 Å². The quantitative estimate of drug-likeness (QED) is 0.854. The van der Waals surface area contributed by atoms with E-state index in [1.165, 1.54) is 0 Å². The van der Waals surface area contributed by atoms with E-state index in [2.05, 4.69) is 6.07 Å². The highest BCUT2D eigenvalue weighted by Gasteiger charge is 2.24. The van der Waals surface area contributed by atoms with E-state index in [9.17, 15) is 4.79 Å². The van der Waals surface area contributed by atoms with Gasteiger partial charge >= 0.3 is 0 Å². The van der Waals surface area contributed by atoms with Gasteiger partial charge in [0.1, 0.15) is 0 Å². The summed E-state index contributed by atoms with van der Waals surface area (Å²) in [5, 5.41) is 8.53. The number of nitrogens with zero attached hydrogens (tertiary/aromatic N) is 2. The number of rotatable bonds is 3. The Labute approximate surface area is 101 Å². The summed E-state index contributed by atoms with van der Waals surface area (Å²) < 4.78 is 0. The minimum absolute atomic E-state index is 0.114. The second-order valence-corrected chi connectivity index (χ2v) is 4.32. The van der Waals surface area contributed by atoms with Gasteiger partial charge in [-0.05, 0) is 23.6 Å². The van der Waals surface area contributed by atoms with Crippen LogP contribution >= 0.6 is 0 Å². The van der Waals surface area contributed by atoms with Gasteiger partial charge in [-0.3, -0.25) is 4.79 Å². The molecule has 4 heteroatoms. The molecule has 1 amide bonds. The molecule has 2 N–H and O–H groups in total. The van der Waals surface area contributed by atoms with Gasteiger partial charge in [-0.15, -0.1) is 0 Å². The summed E-state index contributed by atoms with van der Waals surface area (Å²) in [6.45, 7) is 0. The Morgan fingerprint density at radius 3 is 3.06 bits per heavy atom. The number of benzene rings is 1. The van der Waals surface area contributed by atoms with Gasteiger partial charge in [0, 0.05) is 25.2 Å². The molecular formula is C13H15N3O. The third-order valence-corrected chi connectivity index (χ3v) is 3.18. The average Bonchev–Trinajstić information content (AvgIpc) is 2.61. The first-order chi connectivity index (χ1) is 8.13. The maximum Gasteiger partial charge on any atom is 0.231 e. The number of amides is 1. The Kier molecular flexibility index (Phi) is 3.12. The molecular weight excluding hydrogens is 214 g/mol. The number of fused-ring (bicyclic) bond motifs is 1. The fraction of sp³-hybridized carbons (Fsp3) is 0.385. The molecule has 0 aromatic heterocycles. The zero-order chi connectivity index (χ0) is 12.4. The number of likely N-dealkylation sites (N-methyl/N-ethyl adjacent to an activating group) is 1. The van der Waals surface area contributed by atoms with Crippen LogP contribution in [-0.2, 0) is 11.2 Å². The Morgan fingerprint density at radius 2 is 2.35 bits per heavy atom. The molecule has 0 bridgehead atoms. The number of carbonyl (C=O) groups excluding carboxylic acids is 1. The van der Waals surface area contributed by atoms with Crippen molar-refractivity contribution >= 4 is 11.6 Å². The number of nitriles is 1. The molecule has 0 fully saturated rings. The summed E-state index contributed by atoms with van der Waals surface area (Å²) >= 11 is 0. The van der Waals surface area contributed by atoms with Crippen LogP contribution in [0.15, 0.2) is 18.2 Å². The molecule has 0 saturated carbocycles. The molecule has 4 nitrogen and oxygen atoms in total. The molecule has 17 heavy (non-hydrogen) atoms. The number of carbonyl (C=O) groups is 1. The second-order valence-electron chi connectivity index (χ2n) is 4.32. The van der Waals surface area contributed by atoms with Crippen molar-refractivity contribution in [3.63, 3.8) is 0 Å². The Balaban J connectivity index is 2.21. The molecule has 1 unspecified atom stereocenters. The van der Waals surface area contributed by atoms with Crippen molar-refractivity contribution in [3.05, 3.63) is 29.3 Å². The summed E-state index contributed by atoms with van der Waals surface area (Å²) in [7, 11) is 1.78. The van der Waals surface area contributed by atoms with Crippen LogP contribution in [0.2, 0.25) is 0 Å². The van der Waals surface area contributed by atoms with E-state index in [1.54, 1.807) is 11.9 Å². The van der Waals surface area contributed by atoms with Crippen LogP contribution in [0.25, 0.3) is 0 Å². The van der Waals surface area contributed by atoms with Gasteiger partial charge in [-0.2, -0.15) is 5.26 Å². The van der Waals surface area contributed by atoms with Crippen LogP contribution in [0.5, 0.6) is 0 Å². The second kappa shape index (κ2) is 4.56. The van der Waals surface area contributed by atoms with Gasteiger partial charge in [0.2, 0.25) is 5.91 Å². The Morgan fingerprint density at radius 1 is 1.59 bits per heavy atom. The van der Waals surface area contributed by atoms with E-state index in [0.717, 1.165) is 16.8 Å². The number of hydrogen-bond donors (Lipinski definition) is 1. The van der Waals surface area contributed by atoms with Gasteiger partial charge in [0.25, 0.3) is 0 Å². The highest BCUT2D eigenvalue weighted by molar-refractivity contribution is 6.00. The monoisotopic (exact) mass is 229 g/mol. The molecule has 1 atom stereocenters. The molecule has 0 saturated heterocycles. The SMILES string of the molecule is CN1C(=O)Cc2cc(C(N)CCC#N)ccc21. The van der Waals surface area contributed by atoms with Crippen LogP contribution in [-0.4, -0.2) is 13.0 Å². The normalized spacial score (nSPS) is 15.6. The van der Waals surface area contributed by atoms with E-state index in [4.69, 9.17) is 11.0 Å². The fourth-order valence-corrected chi connectivity index (χ4v) is 2.11. The van der Waals surface area contributed by atoms with E-state index in [1.807, 2.05) is 18.2 Å². The minimum atomic E-state index is -0.124. The van der Waals surface area contributed by atoms with E-state index in [-0.39, 0.29) is 11.9 Å². The van der Waals surface area contributed by atoms with Crippen LogP contribution in [0.3, 0.4) is 0 Å². The number of nitrogens with two attached hydrogens (primary N) is 1. The molecule has 88 valence electrons. The largest absolute Gasteiger partial charge is 0.324 e. The van der Waals surface area contributed by atoms with E-state index < -0.39 is 0 Å². The average molecular weight is 229 g/mol. The minimum Gasteiger partial charge on any atom is -0.324 e. The van der Waals surface area contributed by atoms with Crippen LogP contribution in [0.4, 0.5) is 5.69 Å². The lowest BCUT2D eigenvalue weighted by atomic mass is 10.00. The van der Waals surface area contributed by atoms with Crippen LogP contribution in [0.1, 0.15) is 30.0 Å². The van der Waals surface area contributed by atoms with Gasteiger partial charge in [0.05, 0.1) is 12.5 Å². The number of hydrogen-bond acceptors (Lipinski definition) is 3. The molecule has 1 aliphatic heterocycles. The molecule has 2 rings (SSSR count). The van der Waals surface area contributed by atoms with Crippen LogP contribution < -0.4 is 10.6 Å². The Hall–Kier alpha value is -1.86. The lowest BCUT2D eigenvalue weighted by Gasteiger charge is -2.13. The molecule has 0 spiro atoms. The fourth-order valence-electron chi connectivity index (χ4n) is 2.11. The molecule has 1 heterocycles.